The second-order valence-electron chi connectivity index (χ2n) is 5.26. The van der Waals surface area contributed by atoms with Crippen LogP contribution in [0.15, 0.2) is 36.4 Å². The van der Waals surface area contributed by atoms with Crippen LogP contribution in [0.1, 0.15) is 29.7 Å². The van der Waals surface area contributed by atoms with Gasteiger partial charge in [0.15, 0.2) is 0 Å². The molecule has 2 atom stereocenters. The highest BCUT2D eigenvalue weighted by Crippen LogP contribution is 2.40. The van der Waals surface area contributed by atoms with Crippen molar-refractivity contribution in [3.05, 3.63) is 58.1 Å². The molecule has 0 amide bonds. The standard InChI is InChI=1S/C17H17ClO3/c1-10-7-11-8-16(20-2)13(9-15(11)21-10)17(19)12-5-3-4-6-14(12)18/h3-6,8-10,17,19H,7H2,1-2H3. The number of halogens is 1. The molecular formula is C17H17ClO3. The van der Waals surface area contributed by atoms with Gasteiger partial charge in [0.1, 0.15) is 23.7 Å². The summed E-state index contributed by atoms with van der Waals surface area (Å²) in [5.74, 6) is 1.46. The zero-order valence-corrected chi connectivity index (χ0v) is 12.7. The average Bonchev–Trinajstić information content (AvgIpc) is 2.84. The lowest BCUT2D eigenvalue weighted by Crippen LogP contribution is -2.05. The Kier molecular flexibility index (Phi) is 3.79. The number of methoxy groups -OCH3 is 1. The summed E-state index contributed by atoms with van der Waals surface area (Å²) < 4.78 is 11.2. The van der Waals surface area contributed by atoms with E-state index in [0.29, 0.717) is 21.9 Å². The van der Waals surface area contributed by atoms with Crippen LogP contribution in [-0.4, -0.2) is 18.3 Å². The summed E-state index contributed by atoms with van der Waals surface area (Å²) in [6.45, 7) is 2.02. The van der Waals surface area contributed by atoms with Gasteiger partial charge in [0.25, 0.3) is 0 Å². The first kappa shape index (κ1) is 14.2. The number of fused-ring (bicyclic) bond motifs is 1. The van der Waals surface area contributed by atoms with Crippen molar-refractivity contribution in [2.75, 3.05) is 7.11 Å². The molecule has 4 heteroatoms. The molecule has 0 spiro atoms. The topological polar surface area (TPSA) is 38.7 Å². The molecule has 0 radical (unpaired) electrons. The van der Waals surface area contributed by atoms with Crippen LogP contribution in [0.4, 0.5) is 0 Å². The molecule has 3 nitrogen and oxygen atoms in total. The molecule has 1 aliphatic heterocycles. The molecule has 0 aliphatic carbocycles. The number of ether oxygens (including phenoxy) is 2. The molecule has 2 aromatic rings. The van der Waals surface area contributed by atoms with E-state index in [9.17, 15) is 5.11 Å². The Morgan fingerprint density at radius 1 is 1.29 bits per heavy atom. The van der Waals surface area contributed by atoms with Crippen LogP contribution in [-0.2, 0) is 6.42 Å². The smallest absolute Gasteiger partial charge is 0.125 e. The zero-order chi connectivity index (χ0) is 15.0. The molecule has 0 saturated carbocycles. The Bertz CT molecular complexity index is 669. The highest BCUT2D eigenvalue weighted by molar-refractivity contribution is 6.31. The molecule has 0 saturated heterocycles. The van der Waals surface area contributed by atoms with Gasteiger partial charge in [0.2, 0.25) is 0 Å². The summed E-state index contributed by atoms with van der Waals surface area (Å²) in [5.41, 5.74) is 2.43. The first-order valence-corrected chi connectivity index (χ1v) is 7.28. The van der Waals surface area contributed by atoms with Crippen LogP contribution in [0.5, 0.6) is 11.5 Å². The van der Waals surface area contributed by atoms with Crippen LogP contribution in [0, 0.1) is 0 Å². The van der Waals surface area contributed by atoms with Gasteiger partial charge in [-0.2, -0.15) is 0 Å². The number of hydrogen-bond acceptors (Lipinski definition) is 3. The highest BCUT2D eigenvalue weighted by Gasteiger charge is 2.25. The van der Waals surface area contributed by atoms with Crippen LogP contribution in [0.3, 0.4) is 0 Å². The maximum Gasteiger partial charge on any atom is 0.125 e. The Morgan fingerprint density at radius 3 is 2.76 bits per heavy atom. The molecule has 2 aromatic carbocycles. The van der Waals surface area contributed by atoms with Gasteiger partial charge in [-0.1, -0.05) is 29.8 Å². The van der Waals surface area contributed by atoms with E-state index in [1.54, 1.807) is 13.2 Å². The van der Waals surface area contributed by atoms with Gasteiger partial charge in [-0.3, -0.25) is 0 Å². The molecular weight excluding hydrogens is 288 g/mol. The molecule has 1 heterocycles. The number of aliphatic hydroxyl groups excluding tert-OH is 1. The number of aliphatic hydroxyl groups is 1. The zero-order valence-electron chi connectivity index (χ0n) is 12.0. The molecule has 0 aromatic heterocycles. The minimum atomic E-state index is -0.849. The lowest BCUT2D eigenvalue weighted by Gasteiger charge is -2.17. The minimum absolute atomic E-state index is 0.150. The maximum atomic E-state index is 10.7. The second-order valence-corrected chi connectivity index (χ2v) is 5.67. The quantitative estimate of drug-likeness (QED) is 0.938. The molecule has 0 fully saturated rings. The monoisotopic (exact) mass is 304 g/mol. The van der Waals surface area contributed by atoms with E-state index >= 15 is 0 Å². The van der Waals surface area contributed by atoms with Gasteiger partial charge in [-0.25, -0.2) is 0 Å². The van der Waals surface area contributed by atoms with Crippen LogP contribution >= 0.6 is 11.6 Å². The Balaban J connectivity index is 2.06. The lowest BCUT2D eigenvalue weighted by atomic mass is 9.98. The van der Waals surface area contributed by atoms with Gasteiger partial charge in [0, 0.05) is 28.1 Å². The van der Waals surface area contributed by atoms with E-state index in [0.717, 1.165) is 17.7 Å². The van der Waals surface area contributed by atoms with Crippen molar-refractivity contribution in [1.29, 1.82) is 0 Å². The molecule has 3 rings (SSSR count). The van der Waals surface area contributed by atoms with Gasteiger partial charge in [-0.15, -0.1) is 0 Å². The summed E-state index contributed by atoms with van der Waals surface area (Å²) >= 11 is 6.17. The number of hydrogen-bond donors (Lipinski definition) is 1. The molecule has 2 unspecified atom stereocenters. The maximum absolute atomic E-state index is 10.7. The Hall–Kier alpha value is -1.71. The average molecular weight is 305 g/mol. The van der Waals surface area contributed by atoms with Crippen LogP contribution in [0.2, 0.25) is 5.02 Å². The van der Waals surface area contributed by atoms with Crippen molar-refractivity contribution >= 4 is 11.6 Å². The second kappa shape index (κ2) is 5.58. The van der Waals surface area contributed by atoms with Crippen molar-refractivity contribution in [3.63, 3.8) is 0 Å². The molecule has 0 bridgehead atoms. The van der Waals surface area contributed by atoms with Gasteiger partial charge in [0.05, 0.1) is 7.11 Å². The SMILES string of the molecule is COc1cc2c(cc1C(O)c1ccccc1Cl)OC(C)C2. The largest absolute Gasteiger partial charge is 0.496 e. The summed E-state index contributed by atoms with van der Waals surface area (Å²) in [7, 11) is 1.60. The summed E-state index contributed by atoms with van der Waals surface area (Å²) in [6.07, 6.45) is 0.157. The lowest BCUT2D eigenvalue weighted by molar-refractivity contribution is 0.213. The Morgan fingerprint density at radius 2 is 2.05 bits per heavy atom. The molecule has 110 valence electrons. The predicted molar refractivity (Wildman–Crippen MR) is 82.3 cm³/mol. The van der Waals surface area contributed by atoms with Gasteiger partial charge in [-0.05, 0) is 25.1 Å². The fourth-order valence-corrected chi connectivity index (χ4v) is 2.95. The van der Waals surface area contributed by atoms with E-state index in [1.165, 1.54) is 0 Å². The number of benzene rings is 2. The van der Waals surface area contributed by atoms with Crippen molar-refractivity contribution < 1.29 is 14.6 Å². The van der Waals surface area contributed by atoms with Crippen LogP contribution < -0.4 is 9.47 Å². The third kappa shape index (κ3) is 2.59. The molecule has 1 aliphatic rings. The Labute approximate surface area is 129 Å². The first-order valence-electron chi connectivity index (χ1n) is 6.90. The molecule has 21 heavy (non-hydrogen) atoms. The summed E-state index contributed by atoms with van der Waals surface area (Å²) in [5, 5.41) is 11.2. The van der Waals surface area contributed by atoms with E-state index in [2.05, 4.69) is 0 Å². The molecule has 1 N–H and O–H groups in total. The van der Waals surface area contributed by atoms with Crippen molar-refractivity contribution in [1.82, 2.24) is 0 Å². The number of rotatable bonds is 3. The summed E-state index contributed by atoms with van der Waals surface area (Å²) in [4.78, 5) is 0. The van der Waals surface area contributed by atoms with Crippen molar-refractivity contribution in [2.24, 2.45) is 0 Å². The fraction of sp³-hybridized carbons (Fsp3) is 0.294. The van der Waals surface area contributed by atoms with E-state index < -0.39 is 6.10 Å². The minimum Gasteiger partial charge on any atom is -0.496 e. The van der Waals surface area contributed by atoms with Crippen LogP contribution in [0.25, 0.3) is 0 Å². The van der Waals surface area contributed by atoms with Crippen molar-refractivity contribution in [3.8, 4) is 11.5 Å². The third-order valence-electron chi connectivity index (χ3n) is 3.74. The van der Waals surface area contributed by atoms with Gasteiger partial charge < -0.3 is 14.6 Å². The third-order valence-corrected chi connectivity index (χ3v) is 4.09. The first-order chi connectivity index (χ1) is 10.1. The van der Waals surface area contributed by atoms with E-state index in [-0.39, 0.29) is 6.10 Å². The van der Waals surface area contributed by atoms with Crippen molar-refractivity contribution in [2.45, 2.75) is 25.6 Å². The highest BCUT2D eigenvalue weighted by atomic mass is 35.5. The fourth-order valence-electron chi connectivity index (χ4n) is 2.71. The van der Waals surface area contributed by atoms with Gasteiger partial charge >= 0.3 is 0 Å². The summed E-state index contributed by atoms with van der Waals surface area (Å²) in [6, 6.07) is 11.0. The predicted octanol–water partition coefficient (Wildman–Crippen LogP) is 3.75. The van der Waals surface area contributed by atoms with E-state index in [1.807, 2.05) is 37.3 Å². The van der Waals surface area contributed by atoms with E-state index in [4.69, 9.17) is 21.1 Å². The normalized spacial score (nSPS) is 18.0.